The number of hydrogen-bond acceptors (Lipinski definition) is 5. The third kappa shape index (κ3) is 3.83. The second-order valence-electron chi connectivity index (χ2n) is 5.34. The second kappa shape index (κ2) is 5.20. The van der Waals surface area contributed by atoms with Crippen LogP contribution in [0.2, 0.25) is 0 Å². The molecule has 100 valence electrons. The number of hydrogen-bond donors (Lipinski definition) is 3. The number of nitrogens with one attached hydrogen (secondary N) is 1. The Morgan fingerprint density at radius 2 is 2.29 bits per heavy atom. The van der Waals surface area contributed by atoms with Crippen molar-refractivity contribution < 1.29 is 19.4 Å². The first kappa shape index (κ1) is 14.2. The van der Waals surface area contributed by atoms with Gasteiger partial charge in [0.05, 0.1) is 18.2 Å². The minimum atomic E-state index is -0.836. The quantitative estimate of drug-likeness (QED) is 0.651. The Bertz CT molecular complexity index is 269. The molecule has 0 radical (unpaired) electrons. The lowest BCUT2D eigenvalue weighted by Gasteiger charge is -2.33. The number of aliphatic hydroxyl groups is 1. The van der Waals surface area contributed by atoms with Crippen LogP contribution in [0.15, 0.2) is 0 Å². The number of amides is 1. The molecule has 1 aliphatic heterocycles. The number of aliphatic hydroxyl groups excluding tert-OH is 1. The zero-order chi connectivity index (χ0) is 13.1. The minimum Gasteiger partial charge on any atom is -0.444 e. The van der Waals surface area contributed by atoms with E-state index in [-0.39, 0.29) is 13.2 Å². The van der Waals surface area contributed by atoms with Gasteiger partial charge in [0, 0.05) is 13.2 Å². The highest BCUT2D eigenvalue weighted by atomic mass is 16.6. The van der Waals surface area contributed by atoms with Crippen LogP contribution in [0.25, 0.3) is 0 Å². The van der Waals surface area contributed by atoms with Crippen molar-refractivity contribution in [2.24, 2.45) is 5.73 Å². The SMILES string of the molecule is CC(C)(C)OC(=O)NC1([C@@H](O)CN)CCOC1. The van der Waals surface area contributed by atoms with Crippen LogP contribution in [0.5, 0.6) is 0 Å². The maximum absolute atomic E-state index is 11.7. The van der Waals surface area contributed by atoms with Gasteiger partial charge in [0.2, 0.25) is 0 Å². The zero-order valence-corrected chi connectivity index (χ0v) is 10.7. The van der Waals surface area contributed by atoms with Crippen LogP contribution in [0.1, 0.15) is 27.2 Å². The average Bonchev–Trinajstić information content (AvgIpc) is 2.63. The second-order valence-corrected chi connectivity index (χ2v) is 5.34. The molecule has 0 aliphatic carbocycles. The molecule has 0 bridgehead atoms. The number of nitrogens with two attached hydrogens (primary N) is 1. The Kier molecular flexibility index (Phi) is 4.35. The molecule has 1 saturated heterocycles. The Morgan fingerprint density at radius 3 is 2.71 bits per heavy atom. The third-order valence-electron chi connectivity index (χ3n) is 2.66. The molecule has 6 heteroatoms. The molecule has 0 spiro atoms. The van der Waals surface area contributed by atoms with Crippen molar-refractivity contribution in [2.45, 2.75) is 44.4 Å². The number of carbonyl (C=O) groups excluding carboxylic acids is 1. The molecule has 1 heterocycles. The van der Waals surface area contributed by atoms with E-state index >= 15 is 0 Å². The highest BCUT2D eigenvalue weighted by Crippen LogP contribution is 2.23. The lowest BCUT2D eigenvalue weighted by molar-refractivity contribution is 0.0191. The van der Waals surface area contributed by atoms with Gasteiger partial charge in [-0.1, -0.05) is 0 Å². The van der Waals surface area contributed by atoms with Gasteiger partial charge in [0.25, 0.3) is 0 Å². The molecule has 1 amide bonds. The van der Waals surface area contributed by atoms with E-state index in [4.69, 9.17) is 15.2 Å². The van der Waals surface area contributed by atoms with E-state index in [2.05, 4.69) is 5.32 Å². The summed E-state index contributed by atoms with van der Waals surface area (Å²) >= 11 is 0. The topological polar surface area (TPSA) is 93.8 Å². The maximum atomic E-state index is 11.7. The largest absolute Gasteiger partial charge is 0.444 e. The first-order valence-electron chi connectivity index (χ1n) is 5.76. The van der Waals surface area contributed by atoms with E-state index in [1.54, 1.807) is 20.8 Å². The average molecular weight is 246 g/mol. The van der Waals surface area contributed by atoms with E-state index in [0.717, 1.165) is 0 Å². The lowest BCUT2D eigenvalue weighted by Crippen LogP contribution is -2.60. The van der Waals surface area contributed by atoms with Gasteiger partial charge in [-0.25, -0.2) is 4.79 Å². The fourth-order valence-electron chi connectivity index (χ4n) is 1.76. The first-order chi connectivity index (χ1) is 7.79. The summed E-state index contributed by atoms with van der Waals surface area (Å²) in [6.07, 6.45) is -0.863. The van der Waals surface area contributed by atoms with Gasteiger partial charge in [-0.3, -0.25) is 0 Å². The summed E-state index contributed by atoms with van der Waals surface area (Å²) in [6.45, 7) is 6.16. The Hall–Kier alpha value is -0.850. The monoisotopic (exact) mass is 246 g/mol. The molecule has 1 aliphatic rings. The molecule has 1 rings (SSSR count). The van der Waals surface area contributed by atoms with Crippen molar-refractivity contribution in [3.8, 4) is 0 Å². The first-order valence-corrected chi connectivity index (χ1v) is 5.76. The molecule has 1 fully saturated rings. The fourth-order valence-corrected chi connectivity index (χ4v) is 1.76. The van der Waals surface area contributed by atoms with Crippen molar-refractivity contribution in [2.75, 3.05) is 19.8 Å². The van der Waals surface area contributed by atoms with Crippen LogP contribution in [-0.2, 0) is 9.47 Å². The summed E-state index contributed by atoms with van der Waals surface area (Å²) in [5, 5.41) is 12.6. The molecular formula is C11H22N2O4. The van der Waals surface area contributed by atoms with Crippen LogP contribution in [0.4, 0.5) is 4.79 Å². The molecule has 17 heavy (non-hydrogen) atoms. The molecule has 1 unspecified atom stereocenters. The van der Waals surface area contributed by atoms with Crippen molar-refractivity contribution in [1.82, 2.24) is 5.32 Å². The number of rotatable bonds is 3. The van der Waals surface area contributed by atoms with E-state index in [1.807, 2.05) is 0 Å². The van der Waals surface area contributed by atoms with Crippen molar-refractivity contribution in [3.63, 3.8) is 0 Å². The van der Waals surface area contributed by atoms with Crippen LogP contribution in [0.3, 0.4) is 0 Å². The smallest absolute Gasteiger partial charge is 0.408 e. The summed E-state index contributed by atoms with van der Waals surface area (Å²) in [4.78, 5) is 11.7. The van der Waals surface area contributed by atoms with Gasteiger partial charge in [0.15, 0.2) is 0 Å². The van der Waals surface area contributed by atoms with E-state index < -0.39 is 23.3 Å². The van der Waals surface area contributed by atoms with Crippen LogP contribution in [0, 0.1) is 0 Å². The van der Waals surface area contributed by atoms with Crippen molar-refractivity contribution in [3.05, 3.63) is 0 Å². The molecule has 0 aromatic heterocycles. The predicted octanol–water partition coefficient (Wildman–Crippen LogP) is -0.0102. The zero-order valence-electron chi connectivity index (χ0n) is 10.7. The number of alkyl carbamates (subject to hydrolysis) is 1. The maximum Gasteiger partial charge on any atom is 0.408 e. The lowest BCUT2D eigenvalue weighted by atomic mass is 9.91. The van der Waals surface area contributed by atoms with E-state index in [9.17, 15) is 9.90 Å². The van der Waals surface area contributed by atoms with Crippen molar-refractivity contribution in [1.29, 1.82) is 0 Å². The summed E-state index contributed by atoms with van der Waals surface area (Å²) < 4.78 is 10.4. The van der Waals surface area contributed by atoms with Crippen LogP contribution in [-0.4, -0.2) is 48.2 Å². The summed E-state index contributed by atoms with van der Waals surface area (Å²) in [6, 6.07) is 0. The van der Waals surface area contributed by atoms with Crippen LogP contribution < -0.4 is 11.1 Å². The van der Waals surface area contributed by atoms with Gasteiger partial charge < -0.3 is 25.6 Å². The van der Waals surface area contributed by atoms with Gasteiger partial charge in [-0.15, -0.1) is 0 Å². The molecule has 0 aromatic rings. The molecular weight excluding hydrogens is 224 g/mol. The molecule has 4 N–H and O–H groups in total. The highest BCUT2D eigenvalue weighted by Gasteiger charge is 2.43. The molecule has 2 atom stereocenters. The van der Waals surface area contributed by atoms with E-state index in [1.165, 1.54) is 0 Å². The summed E-state index contributed by atoms with van der Waals surface area (Å²) in [5.74, 6) is 0. The van der Waals surface area contributed by atoms with Gasteiger partial charge in [-0.2, -0.15) is 0 Å². The Balaban J connectivity index is 2.65. The molecule has 0 aromatic carbocycles. The number of ether oxygens (including phenoxy) is 2. The van der Waals surface area contributed by atoms with E-state index in [0.29, 0.717) is 13.0 Å². The Morgan fingerprint density at radius 1 is 1.65 bits per heavy atom. The van der Waals surface area contributed by atoms with Gasteiger partial charge >= 0.3 is 6.09 Å². The van der Waals surface area contributed by atoms with Gasteiger partial charge in [0.1, 0.15) is 5.60 Å². The Labute approximate surface area is 101 Å². The fraction of sp³-hybridized carbons (Fsp3) is 0.909. The standard InChI is InChI=1S/C11H22N2O4/c1-10(2,3)17-9(15)13-11(8(14)6-12)4-5-16-7-11/h8,14H,4-7,12H2,1-3H3,(H,13,15)/t8-,11?/m0/s1. The summed E-state index contributed by atoms with van der Waals surface area (Å²) in [7, 11) is 0. The third-order valence-corrected chi connectivity index (χ3v) is 2.66. The summed E-state index contributed by atoms with van der Waals surface area (Å²) in [5.41, 5.74) is 4.05. The molecule has 6 nitrogen and oxygen atoms in total. The molecule has 0 saturated carbocycles. The number of carbonyl (C=O) groups is 1. The normalized spacial score (nSPS) is 26.6. The van der Waals surface area contributed by atoms with Crippen molar-refractivity contribution >= 4 is 6.09 Å². The highest BCUT2D eigenvalue weighted by molar-refractivity contribution is 5.69. The van der Waals surface area contributed by atoms with Gasteiger partial charge in [-0.05, 0) is 27.2 Å². The predicted molar refractivity (Wildman–Crippen MR) is 62.6 cm³/mol. The minimum absolute atomic E-state index is 0.0686. The van der Waals surface area contributed by atoms with Crippen LogP contribution >= 0.6 is 0 Å².